The van der Waals surface area contributed by atoms with Gasteiger partial charge in [-0.05, 0) is 0 Å². The number of halogens is 34. The van der Waals surface area contributed by atoms with Crippen LogP contribution >= 0.6 is 0 Å². The Morgan fingerprint density at radius 1 is 0.211 bits per heavy atom. The molecule has 0 aliphatic heterocycles. The van der Waals surface area contributed by atoms with E-state index in [1.54, 1.807) is 0 Å². The van der Waals surface area contributed by atoms with E-state index in [-0.39, 0.29) is 0 Å². The topological polar surface area (TPSA) is 82.4 Å². The number of rotatable bonds is 16. The van der Waals surface area contributed by atoms with Crippen LogP contribution in [0.5, 0.6) is 0 Å². The molecule has 0 spiro atoms. The van der Waals surface area contributed by atoms with Crippen LogP contribution in [0.3, 0.4) is 0 Å². The summed E-state index contributed by atoms with van der Waals surface area (Å²) in [7, 11) is -20.0. The molecule has 0 aliphatic rings. The summed E-state index contributed by atoms with van der Waals surface area (Å²) in [4.78, 5) is 0. The third-order valence-corrected chi connectivity index (χ3v) is 9.61. The summed E-state index contributed by atoms with van der Waals surface area (Å²) in [6.07, 6.45) is -16.7. The van der Waals surface area contributed by atoms with Crippen LogP contribution in [-0.2, 0) is 20.0 Å². The summed E-state index contributed by atoms with van der Waals surface area (Å²) >= 11 is 0. The van der Waals surface area contributed by atoms with Crippen LogP contribution in [0.25, 0.3) is 4.13 Å². The lowest BCUT2D eigenvalue weighted by atomic mass is 9.91. The summed E-state index contributed by atoms with van der Waals surface area (Å²) in [5.41, 5.74) is 0. The molecule has 0 bridgehead atoms. The smallest absolute Gasteiger partial charge is 0.425 e. The predicted octanol–water partition coefficient (Wildman–Crippen LogP) is 9.95. The second-order valence-electron chi connectivity index (χ2n) is 9.95. The zero-order chi connectivity index (χ0) is 47.7. The molecule has 0 aliphatic carbocycles. The van der Waals surface area contributed by atoms with E-state index in [1.807, 2.05) is 0 Å². The Bertz CT molecular complexity index is 1610. The maximum atomic E-state index is 13.9. The fraction of sp³-hybridized carbons (Fsp3) is 1.00. The fourth-order valence-corrected chi connectivity index (χ4v) is 5.53. The third kappa shape index (κ3) is 6.52. The van der Waals surface area contributed by atoms with Crippen molar-refractivity contribution in [2.45, 2.75) is 93.9 Å². The second kappa shape index (κ2) is 13.0. The summed E-state index contributed by atoms with van der Waals surface area (Å²) in [5.74, 6) is -114. The molecule has 57 heavy (non-hydrogen) atoms. The van der Waals surface area contributed by atoms with E-state index in [2.05, 4.69) is 0 Å². The number of hydrogen-bond donors (Lipinski definition) is 0. The molecule has 344 valence electrons. The van der Waals surface area contributed by atoms with Crippen molar-refractivity contribution in [2.24, 2.45) is 0 Å². The minimum Gasteiger partial charge on any atom is -0.425 e. The summed E-state index contributed by atoms with van der Waals surface area (Å²) in [6.45, 7) is 0. The predicted molar refractivity (Wildman–Crippen MR) is 103 cm³/mol. The third-order valence-electron chi connectivity index (χ3n) is 6.23. The van der Waals surface area contributed by atoms with E-state index < -0.39 is 118 Å². The van der Waals surface area contributed by atoms with Crippen molar-refractivity contribution in [3.05, 3.63) is 4.13 Å². The first-order chi connectivity index (χ1) is 23.7. The minimum absolute atomic E-state index is 0.708. The summed E-state index contributed by atoms with van der Waals surface area (Å²) in [6, 6.07) is 0. The molecular weight excluding hydrogens is 980 g/mol. The van der Waals surface area contributed by atoms with Crippen LogP contribution in [0.4, 0.5) is 149 Å². The van der Waals surface area contributed by atoms with E-state index in [0.29, 0.717) is 0 Å². The van der Waals surface area contributed by atoms with Crippen LogP contribution in [0.1, 0.15) is 0 Å². The highest BCUT2D eigenvalue weighted by atomic mass is 32.3. The highest BCUT2D eigenvalue weighted by molar-refractivity contribution is 8.13. The lowest BCUT2D eigenvalue weighted by Crippen LogP contribution is -2.75. The van der Waals surface area contributed by atoms with Crippen molar-refractivity contribution in [1.29, 1.82) is 0 Å². The van der Waals surface area contributed by atoms with Gasteiger partial charge in [0, 0.05) is 0 Å². The molecule has 0 heterocycles. The van der Waals surface area contributed by atoms with E-state index in [9.17, 15) is 166 Å². The first kappa shape index (κ1) is 54.5. The molecule has 0 atom stereocenters. The Morgan fingerprint density at radius 2 is 0.333 bits per heavy atom. The van der Waals surface area contributed by atoms with Crippen LogP contribution < -0.4 is 0 Å². The average Bonchev–Trinajstić information content (AvgIpc) is 2.93. The molecule has 0 saturated carbocycles. The molecule has 0 unspecified atom stereocenters. The van der Waals surface area contributed by atoms with Crippen molar-refractivity contribution in [3.63, 3.8) is 0 Å². The molecule has 0 aromatic heterocycles. The van der Waals surface area contributed by atoms with Crippen molar-refractivity contribution in [2.75, 3.05) is 0 Å². The monoisotopic (exact) mass is 980 g/mol. The zero-order valence-corrected chi connectivity index (χ0v) is 25.4. The largest absolute Gasteiger partial charge is 0.460 e. The van der Waals surface area contributed by atoms with Gasteiger partial charge in [-0.15, -0.1) is 0 Å². The summed E-state index contributed by atoms with van der Waals surface area (Å²) < 4.78 is 495. The molecule has 0 aromatic carbocycles. The van der Waals surface area contributed by atoms with E-state index in [4.69, 9.17) is 0 Å². The number of hydrogen-bond acceptors (Lipinski definition) is 4. The van der Waals surface area contributed by atoms with Crippen molar-refractivity contribution in [1.82, 2.24) is 0 Å². The van der Waals surface area contributed by atoms with Crippen LogP contribution in [0.2, 0.25) is 0 Å². The van der Waals surface area contributed by atoms with Crippen molar-refractivity contribution >= 4 is 20.0 Å². The molecule has 0 N–H and O–H groups in total. The van der Waals surface area contributed by atoms with Gasteiger partial charge in [-0.1, -0.05) is 0 Å². The maximum absolute atomic E-state index is 13.9. The molecule has 0 aromatic rings. The van der Waals surface area contributed by atoms with Gasteiger partial charge in [-0.2, -0.15) is 149 Å². The van der Waals surface area contributed by atoms with Crippen molar-refractivity contribution in [3.8, 4) is 0 Å². The summed E-state index contributed by atoms with van der Waals surface area (Å²) in [5, 5.41) is -18.9. The molecule has 0 radical (unpaired) electrons. The van der Waals surface area contributed by atoms with E-state index in [1.165, 1.54) is 0 Å². The van der Waals surface area contributed by atoms with Gasteiger partial charge in [0.1, 0.15) is 0 Å². The van der Waals surface area contributed by atoms with Crippen LogP contribution in [-0.4, -0.2) is 111 Å². The molecule has 0 amide bonds. The quantitative estimate of drug-likeness (QED) is 0.144. The Morgan fingerprint density at radius 3 is 0.474 bits per heavy atom. The highest BCUT2D eigenvalue weighted by Gasteiger charge is 2.98. The zero-order valence-electron chi connectivity index (χ0n) is 23.7. The SMILES string of the molecule is O=S(=O)([N-]S(=O)(=O)C(F)(F)C(F)(F)C(F)(F)C(F)(F)C(F)(F)C(F)(F)C(F)(F)C(F)(F)F)C(F)(F)C(F)(F)C(F)(F)C(F)(F)C(F)(F)C(F)(F)C(F)(F)C(F)(F)F. The average molecular weight is 980 g/mol. The molecule has 0 rings (SSSR count). The second-order valence-corrected chi connectivity index (χ2v) is 13.5. The van der Waals surface area contributed by atoms with Gasteiger partial charge in [0.25, 0.3) is 0 Å². The van der Waals surface area contributed by atoms with Gasteiger partial charge in [-0.3, -0.25) is 0 Å². The van der Waals surface area contributed by atoms with Gasteiger partial charge >= 0.3 is 93.9 Å². The van der Waals surface area contributed by atoms with Gasteiger partial charge in [-0.25, -0.2) is 16.8 Å². The normalized spacial score (nSPS) is 17.3. The molecule has 0 saturated heterocycles. The number of nitrogens with zero attached hydrogens (tertiary/aromatic N) is 1. The Kier molecular flexibility index (Phi) is 12.4. The molecule has 5 nitrogen and oxygen atoms in total. The fourth-order valence-electron chi connectivity index (χ4n) is 2.85. The van der Waals surface area contributed by atoms with Crippen LogP contribution in [0.15, 0.2) is 0 Å². The van der Waals surface area contributed by atoms with Crippen LogP contribution in [0, 0.1) is 0 Å². The lowest BCUT2D eigenvalue weighted by Gasteiger charge is -2.44. The molecular formula is C16F34NO4S2-. The van der Waals surface area contributed by atoms with E-state index in [0.717, 1.165) is 0 Å². The van der Waals surface area contributed by atoms with Gasteiger partial charge in [0.05, 0.1) is 0 Å². The lowest BCUT2D eigenvalue weighted by molar-refractivity contribution is -0.458. The standard InChI is InChI=1S/C16F34NO4S2/c17-1(18,5(25,26)9(33,34)13(41,42)43)3(21,22)7(29,30)11(37,38)15(47,48)56(52,53)51-57(54,55)16(49,50)12(39,40)8(31,32)4(23,24)2(19,20)6(27,28)10(35,36)14(44,45)46/q-1. The van der Waals surface area contributed by atoms with Crippen molar-refractivity contribution < 1.29 is 166 Å². The minimum atomic E-state index is -10.0. The maximum Gasteiger partial charge on any atom is 0.460 e. The highest BCUT2D eigenvalue weighted by Crippen LogP contribution is 2.67. The van der Waals surface area contributed by atoms with E-state index >= 15 is 0 Å². The van der Waals surface area contributed by atoms with Gasteiger partial charge in [0.15, 0.2) is 20.0 Å². The van der Waals surface area contributed by atoms with Gasteiger partial charge < -0.3 is 4.13 Å². The Labute approximate surface area is 285 Å². The number of sulfonamides is 2. The Balaban J connectivity index is 7.59. The first-order valence-electron chi connectivity index (χ1n) is 11.4. The van der Waals surface area contributed by atoms with Gasteiger partial charge in [0.2, 0.25) is 0 Å². The number of alkyl halides is 34. The Hall–Kier alpha value is -2.52. The molecule has 0 fully saturated rings. The molecule has 41 heteroatoms. The first-order valence-corrected chi connectivity index (χ1v) is 14.2.